The Hall–Kier alpha value is -0.170. The van der Waals surface area contributed by atoms with E-state index < -0.39 is 10.0 Å². The van der Waals surface area contributed by atoms with Crippen LogP contribution in [0.5, 0.6) is 0 Å². The van der Waals surface area contributed by atoms with E-state index in [9.17, 15) is 8.42 Å². The monoisotopic (exact) mass is 330 g/mol. The molecule has 0 aromatic heterocycles. The minimum absolute atomic E-state index is 0.318. The molecular formula is C16H30N2O3S. The summed E-state index contributed by atoms with van der Waals surface area (Å²) in [7, 11) is -2.96. The van der Waals surface area contributed by atoms with Crippen LogP contribution in [0.2, 0.25) is 0 Å². The Bertz CT molecular complexity index is 474. The van der Waals surface area contributed by atoms with Gasteiger partial charge < -0.3 is 10.1 Å². The molecule has 128 valence electrons. The third-order valence-corrected chi connectivity index (χ3v) is 7.85. The third kappa shape index (κ3) is 3.07. The largest absolute Gasteiger partial charge is 0.378 e. The van der Waals surface area contributed by atoms with Crippen molar-refractivity contribution in [2.45, 2.75) is 64.0 Å². The summed E-state index contributed by atoms with van der Waals surface area (Å²) in [5, 5.41) is 3.65. The fraction of sp³-hybridized carbons (Fsp3) is 1.00. The quantitative estimate of drug-likeness (QED) is 0.806. The van der Waals surface area contributed by atoms with Crippen LogP contribution >= 0.6 is 0 Å². The summed E-state index contributed by atoms with van der Waals surface area (Å²) >= 11 is 0. The Kier molecular flexibility index (Phi) is 5.12. The van der Waals surface area contributed by atoms with Crippen molar-refractivity contribution in [3.05, 3.63) is 0 Å². The van der Waals surface area contributed by atoms with Gasteiger partial charge in [0.15, 0.2) is 0 Å². The van der Waals surface area contributed by atoms with E-state index in [1.165, 1.54) is 32.1 Å². The molecule has 3 fully saturated rings. The summed E-state index contributed by atoms with van der Waals surface area (Å²) in [5.74, 6) is 0.326. The fourth-order valence-electron chi connectivity index (χ4n) is 4.66. The second-order valence-corrected chi connectivity index (χ2v) is 9.14. The molecule has 6 heteroatoms. The smallest absolute Gasteiger partial charge is 0.214 e. The molecule has 0 unspecified atom stereocenters. The van der Waals surface area contributed by atoms with Gasteiger partial charge in [0.1, 0.15) is 0 Å². The number of rotatable bonds is 6. The maximum Gasteiger partial charge on any atom is 0.214 e. The van der Waals surface area contributed by atoms with Crippen LogP contribution in [0.4, 0.5) is 0 Å². The SMILES string of the molecule is CCO[C@@H]1C[C@H](NCCN2CCCS2(=O)=O)C12CCCCC2. The Balaban J connectivity index is 1.52. The molecule has 1 saturated heterocycles. The van der Waals surface area contributed by atoms with Crippen molar-refractivity contribution < 1.29 is 13.2 Å². The summed E-state index contributed by atoms with van der Waals surface area (Å²) in [6.45, 7) is 4.96. The van der Waals surface area contributed by atoms with Gasteiger partial charge in [0.2, 0.25) is 10.0 Å². The van der Waals surface area contributed by atoms with Crippen molar-refractivity contribution in [1.29, 1.82) is 0 Å². The van der Waals surface area contributed by atoms with E-state index in [4.69, 9.17) is 4.74 Å². The molecule has 1 aliphatic heterocycles. The average Bonchev–Trinajstić information content (AvgIpc) is 2.85. The molecule has 2 aliphatic carbocycles. The van der Waals surface area contributed by atoms with Crippen LogP contribution in [-0.4, -0.2) is 56.9 Å². The zero-order valence-electron chi connectivity index (χ0n) is 13.7. The molecule has 2 saturated carbocycles. The number of nitrogens with one attached hydrogen (secondary N) is 1. The Morgan fingerprint density at radius 1 is 1.23 bits per heavy atom. The van der Waals surface area contributed by atoms with E-state index in [2.05, 4.69) is 12.2 Å². The summed E-state index contributed by atoms with van der Waals surface area (Å²) in [6.07, 6.45) is 8.76. The molecule has 0 amide bonds. The Morgan fingerprint density at radius 3 is 2.64 bits per heavy atom. The lowest BCUT2D eigenvalue weighted by molar-refractivity contribution is -0.149. The van der Waals surface area contributed by atoms with Crippen molar-refractivity contribution in [2.24, 2.45) is 5.41 Å². The van der Waals surface area contributed by atoms with Gasteiger partial charge in [-0.3, -0.25) is 0 Å². The topological polar surface area (TPSA) is 58.6 Å². The molecule has 3 aliphatic rings. The molecule has 0 aromatic rings. The van der Waals surface area contributed by atoms with Gasteiger partial charge in [-0.25, -0.2) is 12.7 Å². The molecular weight excluding hydrogens is 300 g/mol. The first kappa shape index (κ1) is 16.7. The molecule has 0 radical (unpaired) electrons. The lowest BCUT2D eigenvalue weighted by Crippen LogP contribution is -2.65. The standard InChI is InChI=1S/C16H30N2O3S/c1-2-21-15-13-14(16(15)7-4-3-5-8-16)17-9-11-18-10-6-12-22(18,19)20/h14-15,17H,2-13H2,1H3/t14-,15+/m0/s1. The van der Waals surface area contributed by atoms with E-state index in [1.807, 2.05) is 0 Å². The van der Waals surface area contributed by atoms with Crippen molar-refractivity contribution in [3.63, 3.8) is 0 Å². The maximum atomic E-state index is 11.8. The molecule has 2 atom stereocenters. The molecule has 5 nitrogen and oxygen atoms in total. The predicted molar refractivity (Wildman–Crippen MR) is 87.3 cm³/mol. The Labute approximate surface area is 134 Å². The van der Waals surface area contributed by atoms with Gasteiger partial charge in [-0.1, -0.05) is 19.3 Å². The highest BCUT2D eigenvalue weighted by atomic mass is 32.2. The van der Waals surface area contributed by atoms with E-state index >= 15 is 0 Å². The first-order valence-electron chi connectivity index (χ1n) is 8.91. The van der Waals surface area contributed by atoms with Crippen LogP contribution in [0.25, 0.3) is 0 Å². The molecule has 22 heavy (non-hydrogen) atoms. The first-order chi connectivity index (χ1) is 10.6. The van der Waals surface area contributed by atoms with Gasteiger partial charge in [0.05, 0.1) is 11.9 Å². The minimum Gasteiger partial charge on any atom is -0.378 e. The fourth-order valence-corrected chi connectivity index (χ4v) is 6.18. The summed E-state index contributed by atoms with van der Waals surface area (Å²) in [6, 6.07) is 0.509. The lowest BCUT2D eigenvalue weighted by atomic mass is 9.55. The number of hydrogen-bond donors (Lipinski definition) is 1. The Morgan fingerprint density at radius 2 is 2.00 bits per heavy atom. The van der Waals surface area contributed by atoms with Crippen molar-refractivity contribution in [2.75, 3.05) is 32.0 Å². The number of nitrogens with zero attached hydrogens (tertiary/aromatic N) is 1. The van der Waals surface area contributed by atoms with Crippen LogP contribution in [0, 0.1) is 5.41 Å². The van der Waals surface area contributed by atoms with Crippen LogP contribution < -0.4 is 5.32 Å². The predicted octanol–water partition coefficient (Wildman–Crippen LogP) is 1.74. The van der Waals surface area contributed by atoms with E-state index in [0.29, 0.717) is 36.4 Å². The van der Waals surface area contributed by atoms with E-state index in [0.717, 1.165) is 26.0 Å². The van der Waals surface area contributed by atoms with Crippen molar-refractivity contribution in [3.8, 4) is 0 Å². The minimum atomic E-state index is -2.96. The van der Waals surface area contributed by atoms with Gasteiger partial charge >= 0.3 is 0 Å². The van der Waals surface area contributed by atoms with Crippen LogP contribution in [0.3, 0.4) is 0 Å². The summed E-state index contributed by atoms with van der Waals surface area (Å²) in [4.78, 5) is 0. The molecule has 0 bridgehead atoms. The van der Waals surface area contributed by atoms with E-state index in [-0.39, 0.29) is 0 Å². The second-order valence-electron chi connectivity index (χ2n) is 7.05. The highest BCUT2D eigenvalue weighted by molar-refractivity contribution is 7.89. The van der Waals surface area contributed by atoms with Crippen molar-refractivity contribution >= 4 is 10.0 Å². The van der Waals surface area contributed by atoms with Gasteiger partial charge in [0.25, 0.3) is 0 Å². The van der Waals surface area contributed by atoms with Crippen molar-refractivity contribution in [1.82, 2.24) is 9.62 Å². The highest BCUT2D eigenvalue weighted by Gasteiger charge is 2.55. The lowest BCUT2D eigenvalue weighted by Gasteiger charge is -2.58. The van der Waals surface area contributed by atoms with E-state index in [1.54, 1.807) is 4.31 Å². The molecule has 3 rings (SSSR count). The van der Waals surface area contributed by atoms with Gasteiger partial charge in [-0.15, -0.1) is 0 Å². The summed E-state index contributed by atoms with van der Waals surface area (Å²) < 4.78 is 31.3. The zero-order chi connectivity index (χ0) is 15.6. The molecule has 1 N–H and O–H groups in total. The molecule has 0 aromatic carbocycles. The maximum absolute atomic E-state index is 11.8. The van der Waals surface area contributed by atoms with Crippen LogP contribution in [0.1, 0.15) is 51.9 Å². The van der Waals surface area contributed by atoms with Crippen LogP contribution in [0.15, 0.2) is 0 Å². The molecule has 1 heterocycles. The summed E-state index contributed by atoms with van der Waals surface area (Å²) in [5.41, 5.74) is 0.318. The zero-order valence-corrected chi connectivity index (χ0v) is 14.5. The molecule has 1 spiro atoms. The second kappa shape index (κ2) is 6.75. The number of hydrogen-bond acceptors (Lipinski definition) is 4. The van der Waals surface area contributed by atoms with Gasteiger partial charge in [-0.05, 0) is 32.6 Å². The number of ether oxygens (including phenoxy) is 1. The highest BCUT2D eigenvalue weighted by Crippen LogP contribution is 2.53. The average molecular weight is 330 g/mol. The van der Waals surface area contributed by atoms with Gasteiger partial charge in [0, 0.05) is 37.7 Å². The third-order valence-electron chi connectivity index (χ3n) is 5.89. The number of sulfonamides is 1. The first-order valence-corrected chi connectivity index (χ1v) is 10.5. The normalized spacial score (nSPS) is 33.9. The van der Waals surface area contributed by atoms with Crippen LogP contribution in [-0.2, 0) is 14.8 Å². The van der Waals surface area contributed by atoms with Gasteiger partial charge in [-0.2, -0.15) is 0 Å².